The van der Waals surface area contributed by atoms with Crippen molar-refractivity contribution in [2.75, 3.05) is 26.7 Å². The number of carbonyl (C=O) groups excluding carboxylic acids is 1. The minimum atomic E-state index is 0.0774. The van der Waals surface area contributed by atoms with E-state index in [-0.39, 0.29) is 5.78 Å². The molecule has 0 spiro atoms. The zero-order valence-electron chi connectivity index (χ0n) is 11.7. The third kappa shape index (κ3) is 4.15. The molecule has 102 valence electrons. The number of nitrogens with zero attached hydrogens (tertiary/aromatic N) is 2. The fourth-order valence-electron chi connectivity index (χ4n) is 1.81. The minimum absolute atomic E-state index is 0.0774. The molecule has 1 heterocycles. The lowest BCUT2D eigenvalue weighted by Crippen LogP contribution is -2.25. The summed E-state index contributed by atoms with van der Waals surface area (Å²) in [7, 11) is 1.62. The molecule has 1 aromatic heterocycles. The normalized spacial score (nSPS) is 11.2. The fraction of sp³-hybridized carbons (Fsp3) is 0.692. The maximum absolute atomic E-state index is 11.5. The minimum Gasteiger partial charge on any atom is -0.378 e. The monoisotopic (exact) mass is 270 g/mol. The Bertz CT molecular complexity index is 386. The van der Waals surface area contributed by atoms with Crippen molar-refractivity contribution in [3.8, 4) is 0 Å². The van der Waals surface area contributed by atoms with E-state index in [9.17, 15) is 4.79 Å². The number of hydrogen-bond donors (Lipinski definition) is 0. The lowest BCUT2D eigenvalue weighted by molar-refractivity contribution is 0.101. The zero-order valence-corrected chi connectivity index (χ0v) is 12.5. The van der Waals surface area contributed by atoms with Crippen LogP contribution < -0.4 is 0 Å². The van der Waals surface area contributed by atoms with Gasteiger partial charge in [-0.15, -0.1) is 11.3 Å². The molecule has 5 heteroatoms. The molecule has 0 unspecified atom stereocenters. The molecule has 0 radical (unpaired) electrons. The SMILES string of the molecule is CCN(CC)CCc1nc(COC)c(C(C)=O)s1. The van der Waals surface area contributed by atoms with Gasteiger partial charge in [0.1, 0.15) is 0 Å². The first-order chi connectivity index (χ1) is 8.62. The van der Waals surface area contributed by atoms with Crippen molar-refractivity contribution < 1.29 is 9.53 Å². The summed E-state index contributed by atoms with van der Waals surface area (Å²) in [5.74, 6) is 0.0774. The molecule has 0 saturated heterocycles. The fourth-order valence-corrected chi connectivity index (χ4v) is 2.76. The van der Waals surface area contributed by atoms with Crippen LogP contribution in [0, 0.1) is 0 Å². The molecule has 0 aliphatic carbocycles. The Morgan fingerprint density at radius 1 is 1.39 bits per heavy atom. The summed E-state index contributed by atoms with van der Waals surface area (Å²) in [5.41, 5.74) is 0.782. The van der Waals surface area contributed by atoms with Gasteiger partial charge in [0.25, 0.3) is 0 Å². The van der Waals surface area contributed by atoms with E-state index in [4.69, 9.17) is 4.74 Å². The molecule has 4 nitrogen and oxygen atoms in total. The van der Waals surface area contributed by atoms with Gasteiger partial charge in [-0.25, -0.2) is 4.98 Å². The van der Waals surface area contributed by atoms with Crippen molar-refractivity contribution >= 4 is 17.1 Å². The topological polar surface area (TPSA) is 42.4 Å². The standard InChI is InChI=1S/C13H22N2O2S/c1-5-15(6-2)8-7-12-14-11(9-17-4)13(18-12)10(3)16/h5-9H2,1-4H3. The summed E-state index contributed by atoms with van der Waals surface area (Å²) >= 11 is 1.50. The van der Waals surface area contributed by atoms with E-state index in [0.717, 1.165) is 41.6 Å². The molecule has 0 bridgehead atoms. The van der Waals surface area contributed by atoms with Gasteiger partial charge in [-0.1, -0.05) is 13.8 Å². The number of hydrogen-bond acceptors (Lipinski definition) is 5. The molecule has 0 saturated carbocycles. The molecule has 0 amide bonds. The summed E-state index contributed by atoms with van der Waals surface area (Å²) in [6, 6.07) is 0. The second-order valence-corrected chi connectivity index (χ2v) is 5.23. The van der Waals surface area contributed by atoms with Gasteiger partial charge in [-0.05, 0) is 13.1 Å². The molecule has 0 aliphatic heterocycles. The molecule has 0 aliphatic rings. The number of aromatic nitrogens is 1. The van der Waals surface area contributed by atoms with Gasteiger partial charge in [0, 0.05) is 27.0 Å². The Hall–Kier alpha value is -0.780. The van der Waals surface area contributed by atoms with Crippen LogP contribution in [0.2, 0.25) is 0 Å². The van der Waals surface area contributed by atoms with E-state index in [1.807, 2.05) is 0 Å². The predicted octanol–water partition coefficient (Wildman–Crippen LogP) is 2.38. The lowest BCUT2D eigenvalue weighted by Gasteiger charge is -2.16. The number of likely N-dealkylation sites (N-methyl/N-ethyl adjacent to an activating group) is 1. The van der Waals surface area contributed by atoms with Crippen LogP contribution in [0.5, 0.6) is 0 Å². The highest BCUT2D eigenvalue weighted by atomic mass is 32.1. The summed E-state index contributed by atoms with van der Waals surface area (Å²) < 4.78 is 5.08. The number of ketones is 1. The summed E-state index contributed by atoms with van der Waals surface area (Å²) in [5, 5.41) is 1.03. The smallest absolute Gasteiger partial charge is 0.171 e. The average Bonchev–Trinajstić information content (AvgIpc) is 2.74. The third-order valence-corrected chi connectivity index (χ3v) is 4.14. The van der Waals surface area contributed by atoms with E-state index in [1.54, 1.807) is 14.0 Å². The van der Waals surface area contributed by atoms with Crippen LogP contribution in [0.1, 0.15) is 41.1 Å². The van der Waals surface area contributed by atoms with E-state index in [1.165, 1.54) is 11.3 Å². The molecular formula is C13H22N2O2S. The van der Waals surface area contributed by atoms with Gasteiger partial charge in [0.15, 0.2) is 5.78 Å². The van der Waals surface area contributed by atoms with Crippen LogP contribution in [0.4, 0.5) is 0 Å². The Labute approximate surface area is 113 Å². The highest BCUT2D eigenvalue weighted by molar-refractivity contribution is 7.13. The molecule has 1 aromatic rings. The molecule has 0 aromatic carbocycles. The first kappa shape index (κ1) is 15.3. The predicted molar refractivity (Wildman–Crippen MR) is 74.3 cm³/mol. The van der Waals surface area contributed by atoms with Crippen molar-refractivity contribution in [1.29, 1.82) is 0 Å². The Balaban J connectivity index is 2.72. The summed E-state index contributed by atoms with van der Waals surface area (Å²) in [6.07, 6.45) is 0.899. The number of rotatable bonds is 8. The van der Waals surface area contributed by atoms with Crippen LogP contribution in [0.15, 0.2) is 0 Å². The molecule has 1 rings (SSSR count). The summed E-state index contributed by atoms with van der Waals surface area (Å²) in [4.78, 5) is 19.1. The van der Waals surface area contributed by atoms with Crippen LogP contribution in [0.25, 0.3) is 0 Å². The molecule has 0 fully saturated rings. The molecular weight excluding hydrogens is 248 g/mol. The largest absolute Gasteiger partial charge is 0.378 e. The highest BCUT2D eigenvalue weighted by Gasteiger charge is 2.15. The Morgan fingerprint density at radius 3 is 2.56 bits per heavy atom. The quantitative estimate of drug-likeness (QED) is 0.680. The van der Waals surface area contributed by atoms with Crippen LogP contribution in [-0.2, 0) is 17.8 Å². The second-order valence-electron chi connectivity index (χ2n) is 4.15. The first-order valence-corrected chi connectivity index (χ1v) is 7.14. The van der Waals surface area contributed by atoms with E-state index in [0.29, 0.717) is 6.61 Å². The maximum atomic E-state index is 11.5. The zero-order chi connectivity index (χ0) is 13.5. The van der Waals surface area contributed by atoms with E-state index >= 15 is 0 Å². The first-order valence-electron chi connectivity index (χ1n) is 6.33. The van der Waals surface area contributed by atoms with Gasteiger partial charge in [0.2, 0.25) is 0 Å². The van der Waals surface area contributed by atoms with E-state index in [2.05, 4.69) is 23.7 Å². The highest BCUT2D eigenvalue weighted by Crippen LogP contribution is 2.20. The molecule has 0 N–H and O–H groups in total. The number of carbonyl (C=O) groups is 1. The lowest BCUT2D eigenvalue weighted by atomic mass is 10.3. The summed E-state index contributed by atoms with van der Waals surface area (Å²) in [6.45, 7) is 9.39. The third-order valence-electron chi connectivity index (χ3n) is 2.88. The second kappa shape index (κ2) is 7.61. The molecule has 0 atom stereocenters. The number of methoxy groups -OCH3 is 1. The number of ether oxygens (including phenoxy) is 1. The van der Waals surface area contributed by atoms with Crippen molar-refractivity contribution in [2.24, 2.45) is 0 Å². The van der Waals surface area contributed by atoms with Crippen LogP contribution in [-0.4, -0.2) is 42.4 Å². The Morgan fingerprint density at radius 2 is 2.06 bits per heavy atom. The average molecular weight is 270 g/mol. The Kier molecular flexibility index (Phi) is 6.46. The molecule has 18 heavy (non-hydrogen) atoms. The van der Waals surface area contributed by atoms with Gasteiger partial charge in [-0.2, -0.15) is 0 Å². The maximum Gasteiger partial charge on any atom is 0.171 e. The van der Waals surface area contributed by atoms with Crippen molar-refractivity contribution in [3.05, 3.63) is 15.6 Å². The van der Waals surface area contributed by atoms with E-state index < -0.39 is 0 Å². The van der Waals surface area contributed by atoms with Gasteiger partial charge >= 0.3 is 0 Å². The number of thiazole rings is 1. The van der Waals surface area contributed by atoms with Gasteiger partial charge in [0.05, 0.1) is 22.2 Å². The van der Waals surface area contributed by atoms with Gasteiger partial charge in [-0.3, -0.25) is 4.79 Å². The number of Topliss-reactive ketones (excluding diaryl/α,β-unsaturated/α-hetero) is 1. The van der Waals surface area contributed by atoms with Crippen molar-refractivity contribution in [2.45, 2.75) is 33.8 Å². The van der Waals surface area contributed by atoms with Crippen molar-refractivity contribution in [1.82, 2.24) is 9.88 Å². The van der Waals surface area contributed by atoms with Crippen molar-refractivity contribution in [3.63, 3.8) is 0 Å². The van der Waals surface area contributed by atoms with Crippen LogP contribution >= 0.6 is 11.3 Å². The van der Waals surface area contributed by atoms with Crippen LogP contribution in [0.3, 0.4) is 0 Å². The van der Waals surface area contributed by atoms with Gasteiger partial charge < -0.3 is 9.64 Å².